The van der Waals surface area contributed by atoms with Gasteiger partial charge in [0, 0.05) is 17.3 Å². The Balaban J connectivity index is 2.29. The van der Waals surface area contributed by atoms with Crippen LogP contribution in [0.5, 0.6) is 0 Å². The molecule has 0 aliphatic heterocycles. The lowest BCUT2D eigenvalue weighted by atomic mass is 10.3. The molecular weight excluding hydrogens is 300 g/mol. The van der Waals surface area contributed by atoms with E-state index in [4.69, 9.17) is 36.0 Å². The number of halogens is 1. The second kappa shape index (κ2) is 7.93. The van der Waals surface area contributed by atoms with Crippen molar-refractivity contribution in [1.82, 2.24) is 16.2 Å². The van der Waals surface area contributed by atoms with Crippen LogP contribution < -0.4 is 21.5 Å². The Bertz CT molecular complexity index is 473. The molecule has 0 saturated carbocycles. The summed E-state index contributed by atoms with van der Waals surface area (Å²) >= 11 is 15.9. The summed E-state index contributed by atoms with van der Waals surface area (Å²) in [4.78, 5) is 0. The highest BCUT2D eigenvalue weighted by atomic mass is 35.5. The summed E-state index contributed by atoms with van der Waals surface area (Å²) in [5, 5.41) is 7.47. The summed E-state index contributed by atoms with van der Waals surface area (Å²) in [5.41, 5.74) is 7.37. The van der Waals surface area contributed by atoms with Gasteiger partial charge in [-0.3, -0.25) is 10.9 Å². The van der Waals surface area contributed by atoms with Crippen molar-refractivity contribution in [1.29, 1.82) is 0 Å². The zero-order valence-electron chi connectivity index (χ0n) is 10.4. The first-order valence-corrected chi connectivity index (χ1v) is 6.67. The first-order chi connectivity index (χ1) is 8.97. The van der Waals surface area contributed by atoms with Gasteiger partial charge in [0.15, 0.2) is 10.2 Å². The molecule has 0 atom stereocenters. The van der Waals surface area contributed by atoms with E-state index >= 15 is 0 Å². The highest BCUT2D eigenvalue weighted by Gasteiger charge is 1.98. The van der Waals surface area contributed by atoms with Crippen LogP contribution in [0.2, 0.25) is 5.02 Å². The highest BCUT2D eigenvalue weighted by Crippen LogP contribution is 2.12. The predicted molar refractivity (Wildman–Crippen MR) is 89.4 cm³/mol. The molecule has 0 heterocycles. The summed E-state index contributed by atoms with van der Waals surface area (Å²) in [6.07, 6.45) is 0. The first-order valence-electron chi connectivity index (χ1n) is 5.48. The molecular formula is C12H15ClN4S2. The Kier molecular flexibility index (Phi) is 6.55. The van der Waals surface area contributed by atoms with Crippen molar-refractivity contribution in [3.63, 3.8) is 0 Å². The molecule has 0 unspecified atom stereocenters. The predicted octanol–water partition coefficient (Wildman–Crippen LogP) is 2.58. The van der Waals surface area contributed by atoms with Gasteiger partial charge < -0.3 is 10.6 Å². The monoisotopic (exact) mass is 314 g/mol. The fourth-order valence-electron chi connectivity index (χ4n) is 1.08. The maximum absolute atomic E-state index is 5.79. The van der Waals surface area contributed by atoms with Gasteiger partial charge in [-0.25, -0.2) is 0 Å². The van der Waals surface area contributed by atoms with Gasteiger partial charge in [-0.05, 0) is 55.6 Å². The van der Waals surface area contributed by atoms with Crippen LogP contribution in [0, 0.1) is 0 Å². The fraction of sp³-hybridized carbons (Fsp3) is 0.167. The maximum atomic E-state index is 5.79. The molecule has 0 amide bonds. The third kappa shape index (κ3) is 6.95. The largest absolute Gasteiger partial charge is 0.358 e. The number of rotatable bonds is 3. The van der Waals surface area contributed by atoms with Crippen molar-refractivity contribution >= 4 is 51.9 Å². The van der Waals surface area contributed by atoms with Crippen molar-refractivity contribution in [3.05, 3.63) is 41.4 Å². The van der Waals surface area contributed by atoms with E-state index in [0.717, 1.165) is 11.3 Å². The number of hydrogen-bond donors (Lipinski definition) is 4. The van der Waals surface area contributed by atoms with Crippen LogP contribution in [-0.4, -0.2) is 16.8 Å². The van der Waals surface area contributed by atoms with E-state index in [9.17, 15) is 0 Å². The van der Waals surface area contributed by atoms with E-state index in [1.54, 1.807) is 12.1 Å². The molecule has 0 aliphatic rings. The first kappa shape index (κ1) is 15.7. The topological polar surface area (TPSA) is 48.1 Å². The van der Waals surface area contributed by atoms with Gasteiger partial charge in [0.2, 0.25) is 0 Å². The Morgan fingerprint density at radius 1 is 1.16 bits per heavy atom. The van der Waals surface area contributed by atoms with E-state index in [0.29, 0.717) is 21.8 Å². The Labute approximate surface area is 128 Å². The lowest BCUT2D eigenvalue weighted by Crippen LogP contribution is -2.48. The molecule has 1 rings (SSSR count). The zero-order valence-corrected chi connectivity index (χ0v) is 12.8. The third-order valence-electron chi connectivity index (χ3n) is 1.94. The number of hydrogen-bond acceptors (Lipinski definition) is 2. The van der Waals surface area contributed by atoms with Gasteiger partial charge in [-0.15, -0.1) is 0 Å². The van der Waals surface area contributed by atoms with Crippen LogP contribution in [0.4, 0.5) is 5.69 Å². The van der Waals surface area contributed by atoms with Crippen molar-refractivity contribution in [2.75, 3.05) is 11.9 Å². The summed E-state index contributed by atoms with van der Waals surface area (Å²) in [6, 6.07) is 7.21. The van der Waals surface area contributed by atoms with Crippen LogP contribution >= 0.6 is 36.0 Å². The van der Waals surface area contributed by atoms with Gasteiger partial charge in [0.25, 0.3) is 0 Å². The van der Waals surface area contributed by atoms with Gasteiger partial charge in [0.05, 0.1) is 0 Å². The molecule has 0 saturated heterocycles. The molecule has 0 aliphatic carbocycles. The summed E-state index contributed by atoms with van der Waals surface area (Å²) in [6.45, 7) is 6.29. The molecule has 19 heavy (non-hydrogen) atoms. The number of hydrazine groups is 1. The highest BCUT2D eigenvalue weighted by molar-refractivity contribution is 7.80. The van der Waals surface area contributed by atoms with Gasteiger partial charge in [-0.2, -0.15) is 0 Å². The SMILES string of the molecule is C=C(C)CNC(=S)NNC(=S)Nc1ccc(Cl)cc1. The molecule has 0 bridgehead atoms. The van der Waals surface area contributed by atoms with E-state index < -0.39 is 0 Å². The number of nitrogens with one attached hydrogen (secondary N) is 4. The average Bonchev–Trinajstić information content (AvgIpc) is 2.36. The number of anilines is 1. The van der Waals surface area contributed by atoms with Crippen molar-refractivity contribution in [3.8, 4) is 0 Å². The third-order valence-corrected chi connectivity index (χ3v) is 2.64. The van der Waals surface area contributed by atoms with Gasteiger partial charge in [0.1, 0.15) is 0 Å². The smallest absolute Gasteiger partial charge is 0.189 e. The van der Waals surface area contributed by atoms with Crippen LogP contribution in [0.3, 0.4) is 0 Å². The summed E-state index contributed by atoms with van der Waals surface area (Å²) in [5.74, 6) is 0. The van der Waals surface area contributed by atoms with Crippen molar-refractivity contribution in [2.24, 2.45) is 0 Å². The van der Waals surface area contributed by atoms with Crippen LogP contribution in [-0.2, 0) is 0 Å². The van der Waals surface area contributed by atoms with E-state index in [2.05, 4.69) is 28.1 Å². The molecule has 0 fully saturated rings. The van der Waals surface area contributed by atoms with Gasteiger partial charge >= 0.3 is 0 Å². The van der Waals surface area contributed by atoms with E-state index in [1.165, 1.54) is 0 Å². The van der Waals surface area contributed by atoms with Crippen LogP contribution in [0.25, 0.3) is 0 Å². The molecule has 0 aromatic heterocycles. The molecule has 0 radical (unpaired) electrons. The van der Waals surface area contributed by atoms with Crippen molar-refractivity contribution < 1.29 is 0 Å². The Morgan fingerprint density at radius 2 is 1.74 bits per heavy atom. The standard InChI is InChI=1S/C12H15ClN4S2/c1-8(2)7-14-11(18)16-17-12(19)15-10-5-3-9(13)4-6-10/h3-6H,1,7H2,2H3,(H2,14,16,18)(H2,15,17,19). The minimum atomic E-state index is 0.404. The minimum absolute atomic E-state index is 0.404. The van der Waals surface area contributed by atoms with Crippen molar-refractivity contribution in [2.45, 2.75) is 6.92 Å². The zero-order chi connectivity index (χ0) is 14.3. The van der Waals surface area contributed by atoms with Gasteiger partial charge in [-0.1, -0.05) is 23.8 Å². The minimum Gasteiger partial charge on any atom is -0.358 e. The molecule has 4 nitrogen and oxygen atoms in total. The normalized spacial score (nSPS) is 9.37. The lowest BCUT2D eigenvalue weighted by molar-refractivity contribution is 0.831. The maximum Gasteiger partial charge on any atom is 0.189 e. The second-order valence-corrected chi connectivity index (χ2v) is 5.10. The number of benzene rings is 1. The lowest BCUT2D eigenvalue weighted by Gasteiger charge is -2.14. The quantitative estimate of drug-likeness (QED) is 0.391. The summed E-state index contributed by atoms with van der Waals surface area (Å²) in [7, 11) is 0. The van der Waals surface area contributed by atoms with Crippen LogP contribution in [0.1, 0.15) is 6.92 Å². The molecule has 1 aromatic carbocycles. The van der Waals surface area contributed by atoms with Crippen LogP contribution in [0.15, 0.2) is 36.4 Å². The summed E-state index contributed by atoms with van der Waals surface area (Å²) < 4.78 is 0. The molecule has 7 heteroatoms. The Morgan fingerprint density at radius 3 is 2.32 bits per heavy atom. The molecule has 0 spiro atoms. The van der Waals surface area contributed by atoms with E-state index in [1.807, 2.05) is 19.1 Å². The second-order valence-electron chi connectivity index (χ2n) is 3.85. The van der Waals surface area contributed by atoms with E-state index in [-0.39, 0.29) is 0 Å². The Hall–Kier alpha value is -1.37. The fourth-order valence-corrected chi connectivity index (χ4v) is 1.50. The molecule has 102 valence electrons. The average molecular weight is 315 g/mol. The molecule has 4 N–H and O–H groups in total. The number of thiocarbonyl (C=S) groups is 2. The molecule has 1 aromatic rings.